The maximum Gasteiger partial charge on any atom is 0.389 e. The van der Waals surface area contributed by atoms with E-state index < -0.39 is 12.6 Å². The summed E-state index contributed by atoms with van der Waals surface area (Å²) >= 11 is 0. The average molecular weight is 349 g/mol. The second kappa shape index (κ2) is 6.26. The van der Waals surface area contributed by atoms with E-state index in [1.54, 1.807) is 0 Å². The molecule has 0 amide bonds. The van der Waals surface area contributed by atoms with E-state index in [0.717, 1.165) is 34.2 Å². The Balaban J connectivity index is 1.73. The van der Waals surface area contributed by atoms with Crippen molar-refractivity contribution in [3.05, 3.63) is 42.5 Å². The fourth-order valence-electron chi connectivity index (χ4n) is 3.21. The fraction of sp³-hybridized carbons (Fsp3) is 0.368. The van der Waals surface area contributed by atoms with Crippen LogP contribution in [-0.2, 0) is 11.3 Å². The molecule has 1 aromatic heterocycles. The van der Waals surface area contributed by atoms with Crippen LogP contribution < -0.4 is 4.74 Å². The lowest BCUT2D eigenvalue weighted by Gasteiger charge is -2.10. The summed E-state index contributed by atoms with van der Waals surface area (Å²) in [6.07, 6.45) is -4.71. The molecule has 2 heterocycles. The number of halogens is 3. The number of nitrogens with zero attached hydrogens (tertiary/aromatic N) is 1. The third-order valence-electron chi connectivity index (χ3n) is 4.43. The number of benzene rings is 2. The number of hydrogen-bond acceptors (Lipinski definition) is 2. The Morgan fingerprint density at radius 3 is 2.60 bits per heavy atom. The number of epoxide rings is 1. The van der Waals surface area contributed by atoms with Crippen LogP contribution in [0.25, 0.3) is 21.8 Å². The first-order chi connectivity index (χ1) is 12.0. The second-order valence-electron chi connectivity index (χ2n) is 6.30. The molecule has 3 aromatic rings. The van der Waals surface area contributed by atoms with E-state index in [-0.39, 0.29) is 12.5 Å². The van der Waals surface area contributed by atoms with Crippen LogP contribution in [0.3, 0.4) is 0 Å². The monoisotopic (exact) mass is 349 g/mol. The van der Waals surface area contributed by atoms with Crippen molar-refractivity contribution in [3.63, 3.8) is 0 Å². The summed E-state index contributed by atoms with van der Waals surface area (Å²) in [5, 5.41) is 1.95. The molecule has 1 saturated heterocycles. The summed E-state index contributed by atoms with van der Waals surface area (Å²) in [7, 11) is 0. The molecule has 2 aromatic carbocycles. The van der Waals surface area contributed by atoms with E-state index in [0.29, 0.717) is 13.2 Å². The van der Waals surface area contributed by atoms with Crippen LogP contribution in [0.2, 0.25) is 0 Å². The molecular weight excluding hydrogens is 331 g/mol. The van der Waals surface area contributed by atoms with Crippen LogP contribution in [0.4, 0.5) is 13.2 Å². The molecule has 1 fully saturated rings. The van der Waals surface area contributed by atoms with Gasteiger partial charge in [0.2, 0.25) is 0 Å². The molecule has 1 aliphatic heterocycles. The summed E-state index contributed by atoms with van der Waals surface area (Å²) < 4.78 is 50.6. The van der Waals surface area contributed by atoms with Crippen molar-refractivity contribution in [1.82, 2.24) is 4.57 Å². The first-order valence-corrected chi connectivity index (χ1v) is 8.34. The van der Waals surface area contributed by atoms with Gasteiger partial charge in [-0.3, -0.25) is 0 Å². The number of para-hydroxylation sites is 1. The lowest BCUT2D eigenvalue weighted by Crippen LogP contribution is -2.09. The highest BCUT2D eigenvalue weighted by molar-refractivity contribution is 6.11. The smallest absolute Gasteiger partial charge is 0.389 e. The van der Waals surface area contributed by atoms with Crippen LogP contribution in [0.15, 0.2) is 42.5 Å². The standard InChI is InChI=1S/C19H18F3NO2/c20-19(21,22)9-4-10-23-15-6-2-1-5-14(15)18-16(23)7-3-8-17(18)25-12-13-11-24-13/h1-3,5-8,13H,4,9-12H2. The molecule has 0 bridgehead atoms. The van der Waals surface area contributed by atoms with Gasteiger partial charge in [-0.1, -0.05) is 24.3 Å². The predicted molar refractivity (Wildman–Crippen MR) is 90.0 cm³/mol. The second-order valence-corrected chi connectivity index (χ2v) is 6.30. The first kappa shape index (κ1) is 16.3. The molecule has 132 valence electrons. The van der Waals surface area contributed by atoms with E-state index in [4.69, 9.17) is 9.47 Å². The van der Waals surface area contributed by atoms with Crippen molar-refractivity contribution in [2.75, 3.05) is 13.2 Å². The van der Waals surface area contributed by atoms with Gasteiger partial charge in [0.25, 0.3) is 0 Å². The zero-order chi connectivity index (χ0) is 17.4. The van der Waals surface area contributed by atoms with Gasteiger partial charge >= 0.3 is 6.18 Å². The minimum absolute atomic E-state index is 0.0538. The molecule has 4 rings (SSSR count). The normalized spacial score (nSPS) is 17.3. The van der Waals surface area contributed by atoms with Crippen molar-refractivity contribution >= 4 is 21.8 Å². The van der Waals surface area contributed by atoms with Crippen LogP contribution in [0, 0.1) is 0 Å². The summed E-state index contributed by atoms with van der Waals surface area (Å²) in [5.74, 6) is 0.749. The van der Waals surface area contributed by atoms with E-state index in [2.05, 4.69) is 0 Å². The Kier molecular flexibility index (Phi) is 4.07. The molecule has 0 radical (unpaired) electrons. The van der Waals surface area contributed by atoms with Crippen LogP contribution in [0.5, 0.6) is 5.75 Å². The highest BCUT2D eigenvalue weighted by Gasteiger charge is 2.27. The number of aromatic nitrogens is 1. The molecule has 1 unspecified atom stereocenters. The van der Waals surface area contributed by atoms with Gasteiger partial charge in [-0.25, -0.2) is 0 Å². The number of rotatable bonds is 6. The third kappa shape index (κ3) is 3.44. The molecule has 1 aliphatic rings. The van der Waals surface area contributed by atoms with E-state index in [1.165, 1.54) is 0 Å². The summed E-state index contributed by atoms with van der Waals surface area (Å²) in [6.45, 7) is 1.53. The molecule has 0 aliphatic carbocycles. The Bertz CT molecular complexity index is 897. The zero-order valence-corrected chi connectivity index (χ0v) is 13.6. The largest absolute Gasteiger partial charge is 0.490 e. The van der Waals surface area contributed by atoms with Crippen molar-refractivity contribution in [1.29, 1.82) is 0 Å². The molecule has 0 spiro atoms. The minimum Gasteiger partial charge on any atom is -0.490 e. The highest BCUT2D eigenvalue weighted by atomic mass is 19.4. The molecular formula is C19H18F3NO2. The summed E-state index contributed by atoms with van der Waals surface area (Å²) in [4.78, 5) is 0. The van der Waals surface area contributed by atoms with Gasteiger partial charge in [-0.05, 0) is 24.6 Å². The number of hydrogen-bond donors (Lipinski definition) is 0. The SMILES string of the molecule is FC(F)(F)CCCn1c2ccccc2c2c(OCC3CO3)cccc21. The predicted octanol–water partition coefficient (Wildman–Crippen LogP) is 4.91. The van der Waals surface area contributed by atoms with Crippen LogP contribution in [-0.4, -0.2) is 30.1 Å². The first-order valence-electron chi connectivity index (χ1n) is 8.34. The Hall–Kier alpha value is -2.21. The number of ether oxygens (including phenoxy) is 2. The maximum atomic E-state index is 12.5. The molecule has 6 heteroatoms. The Labute approximate surface area is 142 Å². The Morgan fingerprint density at radius 1 is 1.08 bits per heavy atom. The van der Waals surface area contributed by atoms with Crippen molar-refractivity contribution in [2.45, 2.75) is 31.7 Å². The van der Waals surface area contributed by atoms with E-state index in [1.807, 2.05) is 47.0 Å². The van der Waals surface area contributed by atoms with E-state index in [9.17, 15) is 13.2 Å². The highest BCUT2D eigenvalue weighted by Crippen LogP contribution is 2.36. The molecule has 0 N–H and O–H groups in total. The van der Waals surface area contributed by atoms with Crippen LogP contribution in [0.1, 0.15) is 12.8 Å². The van der Waals surface area contributed by atoms with Gasteiger partial charge < -0.3 is 14.0 Å². The minimum atomic E-state index is -4.13. The zero-order valence-electron chi connectivity index (χ0n) is 13.6. The quantitative estimate of drug-likeness (QED) is 0.591. The van der Waals surface area contributed by atoms with Crippen LogP contribution >= 0.6 is 0 Å². The number of aryl methyl sites for hydroxylation is 1. The lowest BCUT2D eigenvalue weighted by molar-refractivity contribution is -0.135. The van der Waals surface area contributed by atoms with Crippen molar-refractivity contribution in [2.24, 2.45) is 0 Å². The van der Waals surface area contributed by atoms with Gasteiger partial charge in [0, 0.05) is 29.3 Å². The number of fused-ring (bicyclic) bond motifs is 3. The maximum absolute atomic E-state index is 12.5. The average Bonchev–Trinajstić information content (AvgIpc) is 3.35. The molecule has 0 saturated carbocycles. The number of alkyl halides is 3. The van der Waals surface area contributed by atoms with Gasteiger partial charge in [0.1, 0.15) is 18.5 Å². The van der Waals surface area contributed by atoms with Gasteiger partial charge in [-0.2, -0.15) is 13.2 Å². The topological polar surface area (TPSA) is 26.7 Å². The summed E-state index contributed by atoms with van der Waals surface area (Å²) in [5.41, 5.74) is 1.83. The lowest BCUT2D eigenvalue weighted by atomic mass is 10.1. The molecule has 25 heavy (non-hydrogen) atoms. The Morgan fingerprint density at radius 2 is 1.84 bits per heavy atom. The summed E-state index contributed by atoms with van der Waals surface area (Å²) in [6, 6.07) is 13.5. The molecule has 1 atom stereocenters. The van der Waals surface area contributed by atoms with Gasteiger partial charge in [-0.15, -0.1) is 0 Å². The molecule has 3 nitrogen and oxygen atoms in total. The third-order valence-corrected chi connectivity index (χ3v) is 4.43. The van der Waals surface area contributed by atoms with Crippen molar-refractivity contribution in [3.8, 4) is 5.75 Å². The van der Waals surface area contributed by atoms with Gasteiger partial charge in [0.05, 0.1) is 12.1 Å². The van der Waals surface area contributed by atoms with Gasteiger partial charge in [0.15, 0.2) is 0 Å². The van der Waals surface area contributed by atoms with E-state index >= 15 is 0 Å². The van der Waals surface area contributed by atoms with Crippen molar-refractivity contribution < 1.29 is 22.6 Å². The fourth-order valence-corrected chi connectivity index (χ4v) is 3.21.